The first kappa shape index (κ1) is 14.8. The van der Waals surface area contributed by atoms with Crippen LogP contribution in [0.1, 0.15) is 6.23 Å². The van der Waals surface area contributed by atoms with Gasteiger partial charge in [0.05, 0.1) is 12.8 Å². The summed E-state index contributed by atoms with van der Waals surface area (Å²) < 4.78 is 33.0. The summed E-state index contributed by atoms with van der Waals surface area (Å²) in [5.41, 5.74) is -3.02. The Kier molecular flexibility index (Phi) is 3.75. The number of alkyl halides is 1. The summed E-state index contributed by atoms with van der Waals surface area (Å²) in [5, 5.41) is 18.9. The van der Waals surface area contributed by atoms with Gasteiger partial charge in [-0.1, -0.05) is 5.92 Å². The smallest absolute Gasteiger partial charge is 0.287 e. The lowest BCUT2D eigenvalue weighted by Gasteiger charge is -2.23. The van der Waals surface area contributed by atoms with Crippen molar-refractivity contribution in [1.82, 2.24) is 9.55 Å². The molecule has 1 saturated heterocycles. The van der Waals surface area contributed by atoms with Gasteiger partial charge in [-0.05, 0) is 12.2 Å². The average molecular weight is 304 g/mol. The fraction of sp³-hybridized carbons (Fsp3) is 0.455. The number of rotatable bonds is 2. The van der Waals surface area contributed by atoms with Crippen LogP contribution in [0.3, 0.4) is 0 Å². The number of aromatic amines is 1. The molecule has 0 saturated carbocycles. The Morgan fingerprint density at radius 2 is 2.35 bits per heavy atom. The number of aliphatic hydroxyl groups is 2. The number of aromatic nitrogens is 2. The van der Waals surface area contributed by atoms with Gasteiger partial charge >= 0.3 is 0 Å². The van der Waals surface area contributed by atoms with Crippen molar-refractivity contribution in [2.24, 2.45) is 0 Å². The van der Waals surface area contributed by atoms with E-state index in [-0.39, 0.29) is 4.77 Å². The summed E-state index contributed by atoms with van der Waals surface area (Å²) in [5.74, 6) is 0.775. The minimum Gasteiger partial charge on any atom is -0.392 e. The minimum absolute atomic E-state index is 0.304. The normalized spacial score (nSPS) is 33.0. The van der Waals surface area contributed by atoms with Gasteiger partial charge in [-0.25, -0.2) is 4.39 Å². The molecule has 1 aromatic rings. The Morgan fingerprint density at radius 3 is 2.85 bits per heavy atom. The van der Waals surface area contributed by atoms with Crippen LogP contribution in [0.2, 0.25) is 0 Å². The number of nitrogens with one attached hydrogen (secondary N) is 1. The van der Waals surface area contributed by atoms with E-state index in [0.29, 0.717) is 6.20 Å². The molecule has 0 radical (unpaired) electrons. The van der Waals surface area contributed by atoms with Crippen LogP contribution in [-0.4, -0.2) is 44.2 Å². The van der Waals surface area contributed by atoms with Gasteiger partial charge in [-0.2, -0.15) is 4.39 Å². The maximum Gasteiger partial charge on any atom is 0.287 e. The van der Waals surface area contributed by atoms with Crippen LogP contribution in [-0.2, 0) is 4.74 Å². The van der Waals surface area contributed by atoms with Crippen LogP contribution in [0.5, 0.6) is 0 Å². The fourth-order valence-corrected chi connectivity index (χ4v) is 2.17. The highest BCUT2D eigenvalue weighted by Gasteiger charge is 2.55. The summed E-state index contributed by atoms with van der Waals surface area (Å²) in [4.78, 5) is 13.0. The summed E-state index contributed by atoms with van der Waals surface area (Å²) in [6, 6.07) is 0. The largest absolute Gasteiger partial charge is 0.392 e. The number of H-pyrrole nitrogens is 1. The topological polar surface area (TPSA) is 87.5 Å². The Bertz CT molecular complexity index is 682. The molecular weight excluding hydrogens is 294 g/mol. The SMILES string of the molecule is C#C[C@]1(CO)O[C@@H](n2cc(F)c(=O)[nH]c2=S)C(F)[C@H]1O. The molecule has 2 heterocycles. The summed E-state index contributed by atoms with van der Waals surface area (Å²) in [6.07, 6.45) is 0.340. The number of halogens is 2. The molecule has 108 valence electrons. The first-order valence-corrected chi connectivity index (χ1v) is 5.86. The van der Waals surface area contributed by atoms with Gasteiger partial charge in [-0.15, -0.1) is 6.42 Å². The number of aliphatic hydroxyl groups excluding tert-OH is 2. The predicted octanol–water partition coefficient (Wildman–Crippen LogP) is -0.363. The molecule has 0 amide bonds. The Balaban J connectivity index is 2.51. The van der Waals surface area contributed by atoms with Crippen LogP contribution >= 0.6 is 12.2 Å². The molecule has 0 bridgehead atoms. The molecule has 1 fully saturated rings. The second-order valence-corrected chi connectivity index (χ2v) is 4.62. The van der Waals surface area contributed by atoms with Crippen LogP contribution < -0.4 is 5.56 Å². The predicted molar refractivity (Wildman–Crippen MR) is 65.5 cm³/mol. The van der Waals surface area contributed by atoms with Crippen molar-refractivity contribution in [3.05, 3.63) is 27.1 Å². The van der Waals surface area contributed by atoms with Crippen LogP contribution in [0.4, 0.5) is 8.78 Å². The first-order valence-electron chi connectivity index (χ1n) is 5.46. The van der Waals surface area contributed by atoms with E-state index in [1.807, 2.05) is 10.9 Å². The van der Waals surface area contributed by atoms with Gasteiger partial charge in [0.2, 0.25) is 5.82 Å². The van der Waals surface area contributed by atoms with E-state index in [0.717, 1.165) is 4.57 Å². The molecule has 6 nitrogen and oxygen atoms in total. The molecule has 1 aromatic heterocycles. The second kappa shape index (κ2) is 5.06. The quantitative estimate of drug-likeness (QED) is 0.513. The van der Waals surface area contributed by atoms with E-state index >= 15 is 0 Å². The van der Waals surface area contributed by atoms with E-state index in [9.17, 15) is 23.8 Å². The first-order chi connectivity index (χ1) is 9.36. The molecule has 4 atom stereocenters. The highest BCUT2D eigenvalue weighted by molar-refractivity contribution is 7.71. The van der Waals surface area contributed by atoms with Crippen LogP contribution in [0.25, 0.3) is 0 Å². The summed E-state index contributed by atoms with van der Waals surface area (Å²) >= 11 is 4.77. The maximum absolute atomic E-state index is 14.1. The van der Waals surface area contributed by atoms with Crippen molar-refractivity contribution in [1.29, 1.82) is 0 Å². The lowest BCUT2D eigenvalue weighted by Crippen LogP contribution is -2.44. The zero-order chi connectivity index (χ0) is 15.1. The Morgan fingerprint density at radius 1 is 1.70 bits per heavy atom. The molecule has 3 N–H and O–H groups in total. The minimum atomic E-state index is -2.06. The van der Waals surface area contributed by atoms with Gasteiger partial charge < -0.3 is 14.9 Å². The molecule has 0 aromatic carbocycles. The van der Waals surface area contributed by atoms with E-state index in [2.05, 4.69) is 0 Å². The molecule has 0 aliphatic carbocycles. The zero-order valence-corrected chi connectivity index (χ0v) is 10.7. The number of hydrogen-bond donors (Lipinski definition) is 3. The average Bonchev–Trinajstić information content (AvgIpc) is 2.68. The van der Waals surface area contributed by atoms with Gasteiger partial charge in [0.15, 0.2) is 22.8 Å². The highest BCUT2D eigenvalue weighted by Crippen LogP contribution is 2.38. The zero-order valence-electron chi connectivity index (χ0n) is 9.92. The third kappa shape index (κ3) is 2.06. The van der Waals surface area contributed by atoms with E-state index in [1.54, 1.807) is 0 Å². The number of ether oxygens (including phenoxy) is 1. The van der Waals surface area contributed by atoms with Gasteiger partial charge in [0, 0.05) is 0 Å². The molecule has 20 heavy (non-hydrogen) atoms. The van der Waals surface area contributed by atoms with Crippen molar-refractivity contribution in [3.8, 4) is 12.3 Å². The third-order valence-electron chi connectivity index (χ3n) is 3.06. The molecule has 1 unspecified atom stereocenters. The summed E-state index contributed by atoms with van der Waals surface area (Å²) in [7, 11) is 0. The molecule has 9 heteroatoms. The van der Waals surface area contributed by atoms with Gasteiger partial charge in [0.1, 0.15) is 6.10 Å². The van der Waals surface area contributed by atoms with Gasteiger partial charge in [-0.3, -0.25) is 14.3 Å². The molecule has 0 spiro atoms. The van der Waals surface area contributed by atoms with Crippen molar-refractivity contribution >= 4 is 12.2 Å². The van der Waals surface area contributed by atoms with E-state index < -0.39 is 42.1 Å². The Labute approximate surface area is 116 Å². The fourth-order valence-electron chi connectivity index (χ4n) is 1.92. The van der Waals surface area contributed by atoms with Crippen molar-refractivity contribution in [3.63, 3.8) is 0 Å². The monoisotopic (exact) mass is 304 g/mol. The van der Waals surface area contributed by atoms with Crippen molar-refractivity contribution in [2.45, 2.75) is 24.1 Å². The van der Waals surface area contributed by atoms with E-state index in [1.165, 1.54) is 0 Å². The van der Waals surface area contributed by atoms with Gasteiger partial charge in [0.25, 0.3) is 5.56 Å². The molecule has 1 aliphatic rings. The van der Waals surface area contributed by atoms with Crippen LogP contribution in [0, 0.1) is 22.9 Å². The van der Waals surface area contributed by atoms with E-state index in [4.69, 9.17) is 23.4 Å². The van der Waals surface area contributed by atoms with Crippen molar-refractivity contribution < 1.29 is 23.7 Å². The number of nitrogens with zero attached hydrogens (tertiary/aromatic N) is 1. The standard InChI is InChI=1S/C11H10F2N2O4S/c1-2-11(4-16)7(17)6(13)9(19-11)15-3-5(12)8(18)14-10(15)20/h1,3,6-7,9,16-17H,4H2,(H,14,18,20)/t6?,7-,9-,11-/m1/s1. The number of terminal acetylenes is 1. The molecular formula is C11H10F2N2O4S. The molecule has 2 rings (SSSR count). The lowest BCUT2D eigenvalue weighted by molar-refractivity contribution is -0.0920. The Hall–Kier alpha value is -1.60. The highest BCUT2D eigenvalue weighted by atomic mass is 32.1. The number of hydrogen-bond acceptors (Lipinski definition) is 5. The lowest BCUT2D eigenvalue weighted by atomic mass is 9.98. The second-order valence-electron chi connectivity index (χ2n) is 4.23. The third-order valence-corrected chi connectivity index (χ3v) is 3.37. The van der Waals surface area contributed by atoms with Crippen molar-refractivity contribution in [2.75, 3.05) is 6.61 Å². The molecule has 1 aliphatic heterocycles. The van der Waals surface area contributed by atoms with Crippen LogP contribution in [0.15, 0.2) is 11.0 Å². The maximum atomic E-state index is 14.1. The summed E-state index contributed by atoms with van der Waals surface area (Å²) in [6.45, 7) is -0.833.